The lowest BCUT2D eigenvalue weighted by molar-refractivity contribution is -0.141. The normalized spacial score (nSPS) is 11.9. The number of nitrogens with one attached hydrogen (secondary N) is 1. The van der Waals surface area contributed by atoms with Crippen LogP contribution < -0.4 is 10.1 Å². The summed E-state index contributed by atoms with van der Waals surface area (Å²) in [7, 11) is 1.41. The number of aromatic nitrogens is 2. The van der Waals surface area contributed by atoms with E-state index in [1.165, 1.54) is 7.11 Å². The summed E-state index contributed by atoms with van der Waals surface area (Å²) < 4.78 is 12.9. The average Bonchev–Trinajstić information content (AvgIpc) is 3.19. The minimum absolute atomic E-state index is 0.00443. The molecule has 7 nitrogen and oxygen atoms in total. The molecule has 35 heavy (non-hydrogen) atoms. The number of rotatable bonds is 13. The predicted molar refractivity (Wildman–Crippen MR) is 139 cm³/mol. The van der Waals surface area contributed by atoms with E-state index in [1.54, 1.807) is 0 Å². The van der Waals surface area contributed by atoms with Gasteiger partial charge in [-0.15, -0.1) is 0 Å². The van der Waals surface area contributed by atoms with Crippen molar-refractivity contribution in [2.24, 2.45) is 5.92 Å². The quantitative estimate of drug-likeness (QED) is 0.316. The molecule has 1 N–H and O–H groups in total. The Morgan fingerprint density at radius 2 is 1.89 bits per heavy atom. The Labute approximate surface area is 207 Å². The van der Waals surface area contributed by atoms with E-state index >= 15 is 0 Å². The van der Waals surface area contributed by atoms with Crippen LogP contribution in [0.15, 0.2) is 42.5 Å². The van der Waals surface area contributed by atoms with Crippen LogP contribution in [0.1, 0.15) is 64.3 Å². The standard InChI is InChI=1S/C28H37N3O4/c1-5-7-8-26-30-24-18-22(29-27(32)6-2)11-14-25(24)31(26)19-21-9-12-23(13-10-21)35-16-15-20(3)17-28(33)34-4/h9-14,18,20H,5-8,15-17,19H2,1-4H3,(H,29,32). The van der Waals surface area contributed by atoms with E-state index in [1.807, 2.05) is 44.2 Å². The van der Waals surface area contributed by atoms with Crippen LogP contribution in [0, 0.1) is 5.92 Å². The number of anilines is 1. The van der Waals surface area contributed by atoms with Gasteiger partial charge in [-0.25, -0.2) is 4.98 Å². The largest absolute Gasteiger partial charge is 0.494 e. The topological polar surface area (TPSA) is 82.5 Å². The molecule has 0 aliphatic rings. The minimum Gasteiger partial charge on any atom is -0.494 e. The number of aryl methyl sites for hydroxylation is 1. The summed E-state index contributed by atoms with van der Waals surface area (Å²) in [6, 6.07) is 14.1. The SMILES string of the molecule is CCCCc1nc2cc(NC(=O)CC)ccc2n1Cc1ccc(OCCC(C)CC(=O)OC)cc1. The zero-order valence-electron chi connectivity index (χ0n) is 21.3. The Kier molecular flexibility index (Phi) is 9.70. The van der Waals surface area contributed by atoms with Crippen molar-refractivity contribution in [3.05, 3.63) is 53.9 Å². The summed E-state index contributed by atoms with van der Waals surface area (Å²) >= 11 is 0. The van der Waals surface area contributed by atoms with E-state index in [0.717, 1.165) is 59.5 Å². The average molecular weight is 480 g/mol. The molecule has 2 aromatic carbocycles. The van der Waals surface area contributed by atoms with Gasteiger partial charge in [0.15, 0.2) is 0 Å². The number of carbonyl (C=O) groups is 2. The molecule has 1 unspecified atom stereocenters. The molecule has 188 valence electrons. The van der Waals surface area contributed by atoms with E-state index in [-0.39, 0.29) is 17.8 Å². The van der Waals surface area contributed by atoms with Crippen molar-refractivity contribution >= 4 is 28.6 Å². The molecule has 0 saturated carbocycles. The van der Waals surface area contributed by atoms with E-state index in [4.69, 9.17) is 14.5 Å². The van der Waals surface area contributed by atoms with Crippen LogP contribution in [0.5, 0.6) is 5.75 Å². The summed E-state index contributed by atoms with van der Waals surface area (Å²) in [5.41, 5.74) is 3.90. The maximum atomic E-state index is 11.8. The third-order valence-corrected chi connectivity index (χ3v) is 6.07. The summed E-state index contributed by atoms with van der Waals surface area (Å²) in [4.78, 5) is 28.1. The van der Waals surface area contributed by atoms with Gasteiger partial charge in [0.2, 0.25) is 5.91 Å². The summed E-state index contributed by atoms with van der Waals surface area (Å²) in [5.74, 6) is 1.90. The van der Waals surface area contributed by atoms with Crippen molar-refractivity contribution in [1.82, 2.24) is 9.55 Å². The Morgan fingerprint density at radius 1 is 1.11 bits per heavy atom. The molecular weight excluding hydrogens is 442 g/mol. The molecule has 1 amide bonds. The molecule has 3 aromatic rings. The molecule has 0 aliphatic carbocycles. The number of esters is 1. The van der Waals surface area contributed by atoms with Crippen LogP contribution in [0.25, 0.3) is 11.0 Å². The van der Waals surface area contributed by atoms with Gasteiger partial charge >= 0.3 is 5.97 Å². The highest BCUT2D eigenvalue weighted by Gasteiger charge is 2.13. The molecule has 0 bridgehead atoms. The molecule has 1 aromatic heterocycles. The van der Waals surface area contributed by atoms with Gasteiger partial charge in [0, 0.05) is 31.5 Å². The van der Waals surface area contributed by atoms with Crippen LogP contribution in [-0.2, 0) is 27.3 Å². The summed E-state index contributed by atoms with van der Waals surface area (Å²) in [6.45, 7) is 7.32. The third kappa shape index (κ3) is 7.57. The van der Waals surface area contributed by atoms with Gasteiger partial charge < -0.3 is 19.4 Å². The van der Waals surface area contributed by atoms with E-state index in [9.17, 15) is 9.59 Å². The molecule has 0 radical (unpaired) electrons. The fourth-order valence-electron chi connectivity index (χ4n) is 3.93. The molecule has 0 aliphatic heterocycles. The Hall–Kier alpha value is -3.35. The highest BCUT2D eigenvalue weighted by atomic mass is 16.5. The highest BCUT2D eigenvalue weighted by Crippen LogP contribution is 2.24. The zero-order chi connectivity index (χ0) is 25.2. The number of carbonyl (C=O) groups excluding carboxylic acids is 2. The molecule has 3 rings (SSSR count). The second-order valence-corrected chi connectivity index (χ2v) is 8.99. The first-order valence-corrected chi connectivity index (χ1v) is 12.5. The minimum atomic E-state index is -0.186. The molecular formula is C28H37N3O4. The van der Waals surface area contributed by atoms with Gasteiger partial charge in [-0.3, -0.25) is 9.59 Å². The summed E-state index contributed by atoms with van der Waals surface area (Å²) in [6.07, 6.45) is 4.73. The number of hydrogen-bond donors (Lipinski definition) is 1. The second-order valence-electron chi connectivity index (χ2n) is 8.99. The first kappa shape index (κ1) is 26.3. The van der Waals surface area contributed by atoms with Crippen LogP contribution in [0.3, 0.4) is 0 Å². The smallest absolute Gasteiger partial charge is 0.305 e. The zero-order valence-corrected chi connectivity index (χ0v) is 21.3. The third-order valence-electron chi connectivity index (χ3n) is 6.07. The molecule has 1 heterocycles. The molecule has 0 spiro atoms. The predicted octanol–water partition coefficient (Wildman–Crippen LogP) is 5.74. The molecule has 1 atom stereocenters. The maximum absolute atomic E-state index is 11.8. The van der Waals surface area contributed by atoms with E-state index in [2.05, 4.69) is 28.9 Å². The van der Waals surface area contributed by atoms with Gasteiger partial charge in [0.1, 0.15) is 11.6 Å². The maximum Gasteiger partial charge on any atom is 0.305 e. The Balaban J connectivity index is 1.69. The number of nitrogens with zero attached hydrogens (tertiary/aromatic N) is 2. The van der Waals surface area contributed by atoms with Crippen molar-refractivity contribution in [3.63, 3.8) is 0 Å². The number of hydrogen-bond acceptors (Lipinski definition) is 5. The van der Waals surface area contributed by atoms with Crippen LogP contribution >= 0.6 is 0 Å². The molecule has 7 heteroatoms. The van der Waals surface area contributed by atoms with Gasteiger partial charge in [0.25, 0.3) is 0 Å². The van der Waals surface area contributed by atoms with Crippen molar-refractivity contribution in [1.29, 1.82) is 0 Å². The lowest BCUT2D eigenvalue weighted by Crippen LogP contribution is -2.10. The number of imidazole rings is 1. The van der Waals surface area contributed by atoms with Gasteiger partial charge in [-0.05, 0) is 54.7 Å². The van der Waals surface area contributed by atoms with E-state index < -0.39 is 0 Å². The highest BCUT2D eigenvalue weighted by molar-refractivity contribution is 5.93. The van der Waals surface area contributed by atoms with E-state index in [0.29, 0.717) is 26.0 Å². The number of fused-ring (bicyclic) bond motifs is 1. The Morgan fingerprint density at radius 3 is 2.57 bits per heavy atom. The lowest BCUT2D eigenvalue weighted by Gasteiger charge is -2.13. The van der Waals surface area contributed by atoms with Crippen molar-refractivity contribution in [2.75, 3.05) is 19.0 Å². The number of benzene rings is 2. The molecule has 0 saturated heterocycles. The lowest BCUT2D eigenvalue weighted by atomic mass is 10.1. The van der Waals surface area contributed by atoms with Gasteiger partial charge in [0.05, 0.1) is 24.8 Å². The van der Waals surface area contributed by atoms with Crippen molar-refractivity contribution in [2.45, 2.75) is 65.8 Å². The monoisotopic (exact) mass is 479 g/mol. The van der Waals surface area contributed by atoms with Crippen molar-refractivity contribution in [3.8, 4) is 5.75 Å². The van der Waals surface area contributed by atoms with Gasteiger partial charge in [-0.2, -0.15) is 0 Å². The molecule has 0 fully saturated rings. The fourth-order valence-corrected chi connectivity index (χ4v) is 3.93. The number of ether oxygens (including phenoxy) is 2. The first-order valence-electron chi connectivity index (χ1n) is 12.5. The van der Waals surface area contributed by atoms with Crippen LogP contribution in [-0.4, -0.2) is 35.1 Å². The van der Waals surface area contributed by atoms with Gasteiger partial charge in [-0.1, -0.05) is 39.3 Å². The summed E-state index contributed by atoms with van der Waals surface area (Å²) in [5, 5.41) is 2.92. The van der Waals surface area contributed by atoms with Crippen LogP contribution in [0.4, 0.5) is 5.69 Å². The Bertz CT molecular complexity index is 1120. The number of amides is 1. The van der Waals surface area contributed by atoms with Crippen molar-refractivity contribution < 1.29 is 19.1 Å². The number of unbranched alkanes of at least 4 members (excludes halogenated alkanes) is 1. The van der Waals surface area contributed by atoms with Crippen LogP contribution in [0.2, 0.25) is 0 Å². The number of methoxy groups -OCH3 is 1. The fraction of sp³-hybridized carbons (Fsp3) is 0.464. The second kappa shape index (κ2) is 12.9. The first-order chi connectivity index (χ1) is 16.9.